The number of carbonyl (C=O) groups is 1. The van der Waals surface area contributed by atoms with Crippen molar-refractivity contribution in [1.82, 2.24) is 15.3 Å². The summed E-state index contributed by atoms with van der Waals surface area (Å²) in [6.07, 6.45) is 1.60. The molecule has 0 saturated heterocycles. The number of H-pyrrole nitrogens is 1. The summed E-state index contributed by atoms with van der Waals surface area (Å²) in [4.78, 5) is 19.2. The first-order valence-corrected chi connectivity index (χ1v) is 7.25. The Bertz CT molecular complexity index is 813. The predicted molar refractivity (Wildman–Crippen MR) is 86.9 cm³/mol. The van der Waals surface area contributed by atoms with Crippen molar-refractivity contribution in [2.45, 2.75) is 0 Å². The quantitative estimate of drug-likeness (QED) is 0.685. The van der Waals surface area contributed by atoms with E-state index in [0.29, 0.717) is 30.2 Å². The third-order valence-corrected chi connectivity index (χ3v) is 3.40. The summed E-state index contributed by atoms with van der Waals surface area (Å²) < 4.78 is 10.8. The van der Waals surface area contributed by atoms with Gasteiger partial charge < -0.3 is 19.8 Å². The number of benzene rings is 2. The SMILES string of the molecule is COc1ccccc1OCCNC(=O)c1ccc2nc[nH]c2c1. The lowest BCUT2D eigenvalue weighted by molar-refractivity contribution is 0.0947. The molecule has 6 heteroatoms. The van der Waals surface area contributed by atoms with Gasteiger partial charge >= 0.3 is 0 Å². The van der Waals surface area contributed by atoms with Gasteiger partial charge in [-0.25, -0.2) is 4.98 Å². The number of rotatable bonds is 6. The first-order valence-electron chi connectivity index (χ1n) is 7.25. The normalized spacial score (nSPS) is 10.5. The molecule has 2 N–H and O–H groups in total. The molecule has 0 fully saturated rings. The molecule has 0 unspecified atom stereocenters. The van der Waals surface area contributed by atoms with Crippen LogP contribution >= 0.6 is 0 Å². The number of amides is 1. The highest BCUT2D eigenvalue weighted by Gasteiger charge is 2.07. The van der Waals surface area contributed by atoms with Crippen molar-refractivity contribution in [2.24, 2.45) is 0 Å². The van der Waals surface area contributed by atoms with Crippen molar-refractivity contribution >= 4 is 16.9 Å². The van der Waals surface area contributed by atoms with Crippen molar-refractivity contribution < 1.29 is 14.3 Å². The number of fused-ring (bicyclic) bond motifs is 1. The number of para-hydroxylation sites is 2. The van der Waals surface area contributed by atoms with Crippen LogP contribution in [-0.4, -0.2) is 36.1 Å². The fourth-order valence-electron chi connectivity index (χ4n) is 2.24. The zero-order chi connectivity index (χ0) is 16.1. The number of methoxy groups -OCH3 is 1. The van der Waals surface area contributed by atoms with Crippen LogP contribution in [0.25, 0.3) is 11.0 Å². The lowest BCUT2D eigenvalue weighted by Crippen LogP contribution is -2.28. The fraction of sp³-hybridized carbons (Fsp3) is 0.176. The van der Waals surface area contributed by atoms with Crippen LogP contribution in [0, 0.1) is 0 Å². The zero-order valence-electron chi connectivity index (χ0n) is 12.7. The van der Waals surface area contributed by atoms with Gasteiger partial charge in [0.2, 0.25) is 0 Å². The fourth-order valence-corrected chi connectivity index (χ4v) is 2.24. The van der Waals surface area contributed by atoms with E-state index in [4.69, 9.17) is 9.47 Å². The molecule has 2 aromatic carbocycles. The molecular formula is C17H17N3O3. The molecule has 0 atom stereocenters. The third kappa shape index (κ3) is 3.42. The second-order valence-electron chi connectivity index (χ2n) is 4.89. The van der Waals surface area contributed by atoms with Gasteiger partial charge in [0.25, 0.3) is 5.91 Å². The Balaban J connectivity index is 1.53. The number of carbonyl (C=O) groups excluding carboxylic acids is 1. The Morgan fingerprint density at radius 2 is 2.04 bits per heavy atom. The van der Waals surface area contributed by atoms with Crippen LogP contribution in [0.4, 0.5) is 0 Å². The molecule has 23 heavy (non-hydrogen) atoms. The molecule has 0 spiro atoms. The number of imidazole rings is 1. The topological polar surface area (TPSA) is 76.2 Å². The average Bonchev–Trinajstić information content (AvgIpc) is 3.06. The number of ether oxygens (including phenoxy) is 2. The highest BCUT2D eigenvalue weighted by Crippen LogP contribution is 2.25. The first-order chi connectivity index (χ1) is 11.3. The smallest absolute Gasteiger partial charge is 0.251 e. The number of aromatic amines is 1. The van der Waals surface area contributed by atoms with E-state index in [1.54, 1.807) is 25.6 Å². The van der Waals surface area contributed by atoms with E-state index in [0.717, 1.165) is 11.0 Å². The van der Waals surface area contributed by atoms with Crippen LogP contribution < -0.4 is 14.8 Å². The summed E-state index contributed by atoms with van der Waals surface area (Å²) in [7, 11) is 1.59. The van der Waals surface area contributed by atoms with Crippen LogP contribution in [0.5, 0.6) is 11.5 Å². The summed E-state index contributed by atoms with van der Waals surface area (Å²) in [5.41, 5.74) is 2.25. The van der Waals surface area contributed by atoms with Crippen LogP contribution in [0.1, 0.15) is 10.4 Å². The highest BCUT2D eigenvalue weighted by atomic mass is 16.5. The monoisotopic (exact) mass is 311 g/mol. The summed E-state index contributed by atoms with van der Waals surface area (Å²) in [6, 6.07) is 12.7. The molecule has 0 saturated carbocycles. The van der Waals surface area contributed by atoms with E-state index >= 15 is 0 Å². The second-order valence-corrected chi connectivity index (χ2v) is 4.89. The van der Waals surface area contributed by atoms with E-state index < -0.39 is 0 Å². The van der Waals surface area contributed by atoms with E-state index in [9.17, 15) is 4.79 Å². The minimum Gasteiger partial charge on any atom is -0.493 e. The van der Waals surface area contributed by atoms with E-state index in [1.165, 1.54) is 0 Å². The molecule has 0 bridgehead atoms. The minimum atomic E-state index is -0.148. The largest absolute Gasteiger partial charge is 0.493 e. The lowest BCUT2D eigenvalue weighted by Gasteiger charge is -2.10. The van der Waals surface area contributed by atoms with E-state index in [1.807, 2.05) is 30.3 Å². The zero-order valence-corrected chi connectivity index (χ0v) is 12.7. The Hall–Kier alpha value is -3.02. The summed E-state index contributed by atoms with van der Waals surface area (Å²) in [5.74, 6) is 1.18. The molecule has 1 aromatic heterocycles. The number of nitrogens with zero attached hydrogens (tertiary/aromatic N) is 1. The molecule has 1 amide bonds. The molecule has 0 aliphatic carbocycles. The van der Waals surface area contributed by atoms with Gasteiger partial charge in [0.15, 0.2) is 11.5 Å². The summed E-state index contributed by atoms with van der Waals surface area (Å²) in [5, 5.41) is 2.82. The molecule has 6 nitrogen and oxygen atoms in total. The maximum Gasteiger partial charge on any atom is 0.251 e. The minimum absolute atomic E-state index is 0.148. The number of hydrogen-bond acceptors (Lipinski definition) is 4. The summed E-state index contributed by atoms with van der Waals surface area (Å²) >= 11 is 0. The molecule has 0 aliphatic heterocycles. The van der Waals surface area contributed by atoms with Crippen molar-refractivity contribution in [1.29, 1.82) is 0 Å². The van der Waals surface area contributed by atoms with Gasteiger partial charge in [-0.2, -0.15) is 0 Å². The Labute approximate surface area is 133 Å². The van der Waals surface area contributed by atoms with E-state index in [-0.39, 0.29) is 5.91 Å². The predicted octanol–water partition coefficient (Wildman–Crippen LogP) is 2.38. The second kappa shape index (κ2) is 6.83. The van der Waals surface area contributed by atoms with Crippen molar-refractivity contribution in [3.63, 3.8) is 0 Å². The molecule has 0 aliphatic rings. The van der Waals surface area contributed by atoms with Crippen LogP contribution in [0.2, 0.25) is 0 Å². The molecule has 118 valence electrons. The van der Waals surface area contributed by atoms with Gasteiger partial charge in [-0.1, -0.05) is 12.1 Å². The standard InChI is InChI=1S/C17H17N3O3/c1-22-15-4-2-3-5-16(15)23-9-8-18-17(21)12-6-7-13-14(10-12)20-11-19-13/h2-7,10-11H,8-9H2,1H3,(H,18,21)(H,19,20). The van der Waals surface area contributed by atoms with Gasteiger partial charge in [0.1, 0.15) is 6.61 Å². The lowest BCUT2D eigenvalue weighted by atomic mass is 10.2. The Morgan fingerprint density at radius 3 is 2.87 bits per heavy atom. The van der Waals surface area contributed by atoms with Gasteiger partial charge in [-0.15, -0.1) is 0 Å². The van der Waals surface area contributed by atoms with Gasteiger partial charge in [-0.3, -0.25) is 4.79 Å². The number of nitrogens with one attached hydrogen (secondary N) is 2. The molecule has 3 aromatic rings. The number of aromatic nitrogens is 2. The average molecular weight is 311 g/mol. The Kier molecular flexibility index (Phi) is 4.42. The van der Waals surface area contributed by atoms with Gasteiger partial charge in [0, 0.05) is 5.56 Å². The van der Waals surface area contributed by atoms with Crippen LogP contribution in [0.3, 0.4) is 0 Å². The van der Waals surface area contributed by atoms with Crippen LogP contribution in [0.15, 0.2) is 48.8 Å². The molecule has 0 radical (unpaired) electrons. The van der Waals surface area contributed by atoms with Crippen LogP contribution in [-0.2, 0) is 0 Å². The molecule has 1 heterocycles. The van der Waals surface area contributed by atoms with E-state index in [2.05, 4.69) is 15.3 Å². The maximum atomic E-state index is 12.1. The Morgan fingerprint density at radius 1 is 1.22 bits per heavy atom. The van der Waals surface area contributed by atoms with Crippen molar-refractivity contribution in [2.75, 3.05) is 20.3 Å². The highest BCUT2D eigenvalue weighted by molar-refractivity contribution is 5.97. The molecule has 3 rings (SSSR count). The van der Waals surface area contributed by atoms with Crippen molar-refractivity contribution in [3.8, 4) is 11.5 Å². The molecular weight excluding hydrogens is 294 g/mol. The number of hydrogen-bond donors (Lipinski definition) is 2. The van der Waals surface area contributed by atoms with Crippen molar-refractivity contribution in [3.05, 3.63) is 54.4 Å². The third-order valence-electron chi connectivity index (χ3n) is 3.40. The first kappa shape index (κ1) is 14.9. The maximum absolute atomic E-state index is 12.1. The summed E-state index contributed by atoms with van der Waals surface area (Å²) in [6.45, 7) is 0.760. The van der Waals surface area contributed by atoms with Gasteiger partial charge in [0.05, 0.1) is 31.0 Å². The van der Waals surface area contributed by atoms with Gasteiger partial charge in [-0.05, 0) is 30.3 Å².